The van der Waals surface area contributed by atoms with Crippen LogP contribution in [0.3, 0.4) is 0 Å². The van der Waals surface area contributed by atoms with Gasteiger partial charge in [0.2, 0.25) is 0 Å². The standard InChI is InChI=1S/C11H9ClN2OS/c1-7-2-3-9(8(12)6-7)14-5-4-10(15)13-11(14)16/h2-6H,1H3,(H,13,15,16). The highest BCUT2D eigenvalue weighted by Gasteiger charge is 2.03. The lowest BCUT2D eigenvalue weighted by Gasteiger charge is -2.08. The molecule has 0 amide bonds. The molecule has 0 aliphatic carbocycles. The molecule has 16 heavy (non-hydrogen) atoms. The van der Waals surface area contributed by atoms with Crippen molar-refractivity contribution in [1.82, 2.24) is 9.55 Å². The minimum atomic E-state index is -0.218. The molecule has 0 bridgehead atoms. The van der Waals surface area contributed by atoms with Crippen molar-refractivity contribution in [3.8, 4) is 5.69 Å². The van der Waals surface area contributed by atoms with E-state index in [9.17, 15) is 4.79 Å². The van der Waals surface area contributed by atoms with E-state index in [0.29, 0.717) is 9.79 Å². The topological polar surface area (TPSA) is 37.8 Å². The summed E-state index contributed by atoms with van der Waals surface area (Å²) in [5.74, 6) is 0. The maximum atomic E-state index is 11.0. The molecule has 0 saturated heterocycles. The molecule has 1 N–H and O–H groups in total. The number of hydrogen-bond donors (Lipinski definition) is 1. The fourth-order valence-corrected chi connectivity index (χ4v) is 2.00. The molecule has 5 heteroatoms. The summed E-state index contributed by atoms with van der Waals surface area (Å²) in [4.78, 5) is 13.6. The van der Waals surface area contributed by atoms with Gasteiger partial charge in [-0.25, -0.2) is 0 Å². The van der Waals surface area contributed by atoms with Crippen LogP contribution in [0.1, 0.15) is 5.56 Å². The van der Waals surface area contributed by atoms with Crippen LogP contribution in [-0.2, 0) is 0 Å². The molecule has 3 nitrogen and oxygen atoms in total. The molecule has 0 unspecified atom stereocenters. The number of rotatable bonds is 1. The van der Waals surface area contributed by atoms with Crippen LogP contribution in [0.15, 0.2) is 35.3 Å². The van der Waals surface area contributed by atoms with Crippen LogP contribution in [0.5, 0.6) is 0 Å². The molecular formula is C11H9ClN2OS. The van der Waals surface area contributed by atoms with Crippen molar-refractivity contribution < 1.29 is 0 Å². The SMILES string of the molecule is Cc1ccc(-n2ccc(=O)[nH]c2=S)c(Cl)c1. The molecule has 1 heterocycles. The Labute approximate surface area is 102 Å². The summed E-state index contributed by atoms with van der Waals surface area (Å²) in [7, 11) is 0. The van der Waals surface area contributed by atoms with E-state index in [1.165, 1.54) is 6.07 Å². The van der Waals surface area contributed by atoms with Crippen molar-refractivity contribution in [2.75, 3.05) is 0 Å². The van der Waals surface area contributed by atoms with Gasteiger partial charge >= 0.3 is 0 Å². The van der Waals surface area contributed by atoms with Gasteiger partial charge in [-0.05, 0) is 36.8 Å². The van der Waals surface area contributed by atoms with E-state index in [2.05, 4.69) is 4.98 Å². The molecule has 0 spiro atoms. The van der Waals surface area contributed by atoms with Crippen molar-refractivity contribution in [1.29, 1.82) is 0 Å². The van der Waals surface area contributed by atoms with Crippen molar-refractivity contribution in [3.05, 3.63) is 56.2 Å². The van der Waals surface area contributed by atoms with Crippen LogP contribution in [0.2, 0.25) is 5.02 Å². The summed E-state index contributed by atoms with van der Waals surface area (Å²) in [5.41, 5.74) is 1.61. The number of aromatic amines is 1. The number of halogens is 1. The highest BCUT2D eigenvalue weighted by molar-refractivity contribution is 7.71. The van der Waals surface area contributed by atoms with E-state index in [1.54, 1.807) is 10.8 Å². The summed E-state index contributed by atoms with van der Waals surface area (Å²) in [6, 6.07) is 7.07. The number of benzene rings is 1. The minimum absolute atomic E-state index is 0.218. The summed E-state index contributed by atoms with van der Waals surface area (Å²) in [5, 5.41) is 0.600. The Hall–Kier alpha value is -1.39. The van der Waals surface area contributed by atoms with Crippen LogP contribution >= 0.6 is 23.8 Å². The van der Waals surface area contributed by atoms with E-state index < -0.39 is 0 Å². The molecule has 0 aliphatic rings. The van der Waals surface area contributed by atoms with Gasteiger partial charge in [-0.2, -0.15) is 0 Å². The molecule has 0 atom stereocenters. The first-order valence-electron chi connectivity index (χ1n) is 4.66. The number of nitrogens with zero attached hydrogens (tertiary/aromatic N) is 1. The van der Waals surface area contributed by atoms with Crippen molar-refractivity contribution in [3.63, 3.8) is 0 Å². The zero-order valence-corrected chi connectivity index (χ0v) is 10.1. The second-order valence-electron chi connectivity index (χ2n) is 3.44. The molecular weight excluding hydrogens is 244 g/mol. The second kappa shape index (κ2) is 4.23. The van der Waals surface area contributed by atoms with Gasteiger partial charge in [0, 0.05) is 12.3 Å². The number of nitrogens with one attached hydrogen (secondary N) is 1. The monoisotopic (exact) mass is 252 g/mol. The van der Waals surface area contributed by atoms with Gasteiger partial charge in [0.15, 0.2) is 4.77 Å². The fourth-order valence-electron chi connectivity index (χ4n) is 1.41. The summed E-state index contributed by atoms with van der Waals surface area (Å²) < 4.78 is 2.00. The first-order valence-corrected chi connectivity index (χ1v) is 5.45. The van der Waals surface area contributed by atoms with Gasteiger partial charge in [-0.15, -0.1) is 0 Å². The third-order valence-electron chi connectivity index (χ3n) is 2.19. The summed E-state index contributed by atoms with van der Waals surface area (Å²) in [6.45, 7) is 1.96. The lowest BCUT2D eigenvalue weighted by molar-refractivity contribution is 0.937. The maximum Gasteiger partial charge on any atom is 0.251 e. The molecule has 0 aliphatic heterocycles. The van der Waals surface area contributed by atoms with Crippen molar-refractivity contribution in [2.45, 2.75) is 6.92 Å². The van der Waals surface area contributed by atoms with Gasteiger partial charge in [0.25, 0.3) is 5.56 Å². The molecule has 82 valence electrons. The van der Waals surface area contributed by atoms with Gasteiger partial charge in [-0.1, -0.05) is 17.7 Å². The third kappa shape index (κ3) is 2.08. The van der Waals surface area contributed by atoms with Gasteiger partial charge in [0.1, 0.15) is 0 Å². The Bertz CT molecular complexity index is 645. The number of hydrogen-bond acceptors (Lipinski definition) is 2. The first-order chi connectivity index (χ1) is 7.58. The summed E-state index contributed by atoms with van der Waals surface area (Å²) >= 11 is 11.2. The van der Waals surface area contributed by atoms with Crippen LogP contribution in [0, 0.1) is 11.7 Å². The second-order valence-corrected chi connectivity index (χ2v) is 4.23. The lowest BCUT2D eigenvalue weighted by Crippen LogP contribution is -2.10. The van der Waals surface area contributed by atoms with Crippen LogP contribution in [-0.4, -0.2) is 9.55 Å². The third-order valence-corrected chi connectivity index (χ3v) is 2.79. The molecule has 0 saturated carbocycles. The van der Waals surface area contributed by atoms with Crippen molar-refractivity contribution >= 4 is 23.8 Å². The normalized spacial score (nSPS) is 10.4. The lowest BCUT2D eigenvalue weighted by atomic mass is 10.2. The van der Waals surface area contributed by atoms with Crippen molar-refractivity contribution in [2.24, 2.45) is 0 Å². The smallest absolute Gasteiger partial charge is 0.251 e. The van der Waals surface area contributed by atoms with E-state index >= 15 is 0 Å². The summed E-state index contributed by atoms with van der Waals surface area (Å²) in [6.07, 6.45) is 1.61. The Balaban J connectivity index is 2.68. The van der Waals surface area contributed by atoms with E-state index in [1.807, 2.05) is 25.1 Å². The Morgan fingerprint density at radius 3 is 2.75 bits per heavy atom. The average Bonchev–Trinajstić information content (AvgIpc) is 2.19. The van der Waals surface area contributed by atoms with Crippen LogP contribution in [0.25, 0.3) is 5.69 Å². The highest BCUT2D eigenvalue weighted by atomic mass is 35.5. The van der Waals surface area contributed by atoms with E-state index in [-0.39, 0.29) is 5.56 Å². The maximum absolute atomic E-state index is 11.0. The Morgan fingerprint density at radius 1 is 1.38 bits per heavy atom. The quantitative estimate of drug-likeness (QED) is 0.793. The van der Waals surface area contributed by atoms with E-state index in [0.717, 1.165) is 11.3 Å². The Morgan fingerprint density at radius 2 is 2.12 bits per heavy atom. The minimum Gasteiger partial charge on any atom is -0.299 e. The predicted octanol–water partition coefficient (Wildman–Crippen LogP) is 2.86. The van der Waals surface area contributed by atoms with Gasteiger partial charge < -0.3 is 0 Å². The van der Waals surface area contributed by atoms with Gasteiger partial charge in [-0.3, -0.25) is 14.3 Å². The molecule has 1 aromatic carbocycles. The highest BCUT2D eigenvalue weighted by Crippen LogP contribution is 2.21. The largest absolute Gasteiger partial charge is 0.299 e. The van der Waals surface area contributed by atoms with Gasteiger partial charge in [0.05, 0.1) is 10.7 Å². The van der Waals surface area contributed by atoms with E-state index in [4.69, 9.17) is 23.8 Å². The first kappa shape index (κ1) is 11.1. The number of aryl methyl sites for hydroxylation is 1. The molecule has 0 fully saturated rings. The average molecular weight is 253 g/mol. The molecule has 0 radical (unpaired) electrons. The predicted molar refractivity (Wildman–Crippen MR) is 67.0 cm³/mol. The van der Waals surface area contributed by atoms with Crippen LogP contribution < -0.4 is 5.56 Å². The zero-order chi connectivity index (χ0) is 11.7. The Kier molecular flexibility index (Phi) is 2.94. The van der Waals surface area contributed by atoms with Crippen LogP contribution in [0.4, 0.5) is 0 Å². The number of H-pyrrole nitrogens is 1. The molecule has 1 aromatic heterocycles. The molecule has 2 rings (SSSR count). The molecule has 2 aromatic rings. The number of aromatic nitrogens is 2. The fraction of sp³-hybridized carbons (Fsp3) is 0.0909. The zero-order valence-electron chi connectivity index (χ0n) is 8.53.